The van der Waals surface area contributed by atoms with Crippen LogP contribution in [0.2, 0.25) is 0 Å². The molecule has 1 fully saturated rings. The van der Waals surface area contributed by atoms with Crippen LogP contribution in [0.4, 0.5) is 0 Å². The number of H-pyrrole nitrogens is 1. The van der Waals surface area contributed by atoms with Gasteiger partial charge in [-0.1, -0.05) is 0 Å². The maximum atomic E-state index is 12.7. The fraction of sp³-hybridized carbons (Fsp3) is 0.524. The Morgan fingerprint density at radius 2 is 2.03 bits per heavy atom. The first-order valence-corrected chi connectivity index (χ1v) is 10.8. The first-order chi connectivity index (χ1) is 14.6. The van der Waals surface area contributed by atoms with Gasteiger partial charge >= 0.3 is 0 Å². The van der Waals surface area contributed by atoms with Gasteiger partial charge < -0.3 is 34.5 Å². The molecule has 3 heterocycles. The van der Waals surface area contributed by atoms with Gasteiger partial charge in [-0.3, -0.25) is 4.79 Å². The van der Waals surface area contributed by atoms with E-state index in [1.54, 1.807) is 6.07 Å². The molecule has 0 spiro atoms. The molecule has 2 aromatic rings. The van der Waals surface area contributed by atoms with Crippen LogP contribution in [0.3, 0.4) is 0 Å². The average Bonchev–Trinajstić information content (AvgIpc) is 3.27. The molecular weight excluding hydrogens is 406 g/mol. The number of rotatable bonds is 7. The van der Waals surface area contributed by atoms with Crippen LogP contribution in [-0.2, 0) is 11.3 Å². The van der Waals surface area contributed by atoms with Gasteiger partial charge in [-0.25, -0.2) is 0 Å². The Balaban J connectivity index is 1.52. The number of nitrogens with zero attached hydrogens (tertiary/aromatic N) is 1. The number of benzene rings is 1. The van der Waals surface area contributed by atoms with E-state index in [0.29, 0.717) is 67.0 Å². The third-order valence-corrected chi connectivity index (χ3v) is 5.73. The molecular formula is C21H27N3O5S. The molecule has 162 valence electrons. The van der Waals surface area contributed by atoms with E-state index >= 15 is 0 Å². The number of aromatic nitrogens is 1. The maximum Gasteiger partial charge on any atom is 0.253 e. The largest absolute Gasteiger partial charge is 0.486 e. The number of nitrogens with one attached hydrogen (secondary N) is 2. The third-order valence-electron chi connectivity index (χ3n) is 5.32. The number of hydrogen-bond acceptors (Lipinski definition) is 6. The first-order valence-electron chi connectivity index (χ1n) is 10.3. The number of aliphatic hydroxyl groups is 1. The molecule has 2 aliphatic rings. The van der Waals surface area contributed by atoms with Crippen molar-refractivity contribution in [2.24, 2.45) is 0 Å². The summed E-state index contributed by atoms with van der Waals surface area (Å²) in [5.74, 6) is 1.32. The zero-order valence-corrected chi connectivity index (χ0v) is 17.6. The highest BCUT2D eigenvalue weighted by atomic mass is 32.1. The van der Waals surface area contributed by atoms with Gasteiger partial charge in [0, 0.05) is 43.3 Å². The zero-order chi connectivity index (χ0) is 20.9. The van der Waals surface area contributed by atoms with Crippen LogP contribution in [0.1, 0.15) is 24.8 Å². The third kappa shape index (κ3) is 4.85. The highest BCUT2D eigenvalue weighted by Crippen LogP contribution is 2.33. The second-order valence-electron chi connectivity index (χ2n) is 7.53. The Bertz CT molecular complexity index is 958. The van der Waals surface area contributed by atoms with Crippen LogP contribution in [0.25, 0.3) is 10.9 Å². The number of fused-ring (bicyclic) bond motifs is 2. The molecule has 0 unspecified atom stereocenters. The van der Waals surface area contributed by atoms with E-state index in [9.17, 15) is 9.90 Å². The van der Waals surface area contributed by atoms with Crippen molar-refractivity contribution in [1.29, 1.82) is 0 Å². The van der Waals surface area contributed by atoms with E-state index in [1.807, 2.05) is 17.0 Å². The van der Waals surface area contributed by atoms with Crippen molar-refractivity contribution >= 4 is 28.2 Å². The van der Waals surface area contributed by atoms with Crippen LogP contribution >= 0.6 is 12.2 Å². The predicted molar refractivity (Wildman–Crippen MR) is 117 cm³/mol. The molecule has 9 heteroatoms. The molecule has 8 nitrogen and oxygen atoms in total. The fourth-order valence-electron chi connectivity index (χ4n) is 3.74. The highest BCUT2D eigenvalue weighted by Gasteiger charge is 2.19. The summed E-state index contributed by atoms with van der Waals surface area (Å²) in [4.78, 5) is 17.6. The summed E-state index contributed by atoms with van der Waals surface area (Å²) in [7, 11) is 0. The van der Waals surface area contributed by atoms with Gasteiger partial charge in [-0.2, -0.15) is 0 Å². The van der Waals surface area contributed by atoms with Crippen LogP contribution in [0.15, 0.2) is 23.0 Å². The Kier molecular flexibility index (Phi) is 6.71. The Morgan fingerprint density at radius 3 is 2.77 bits per heavy atom. The van der Waals surface area contributed by atoms with E-state index in [2.05, 4.69) is 10.3 Å². The van der Waals surface area contributed by atoms with E-state index < -0.39 is 0 Å². The van der Waals surface area contributed by atoms with Crippen molar-refractivity contribution in [2.45, 2.75) is 31.9 Å². The minimum Gasteiger partial charge on any atom is -0.486 e. The van der Waals surface area contributed by atoms with E-state index in [0.717, 1.165) is 24.8 Å². The molecule has 0 saturated carbocycles. The molecule has 0 bridgehead atoms. The zero-order valence-electron chi connectivity index (χ0n) is 16.8. The Hall–Kier alpha value is -2.36. The van der Waals surface area contributed by atoms with Gasteiger partial charge in [-0.15, -0.1) is 0 Å². The monoisotopic (exact) mass is 433 g/mol. The quantitative estimate of drug-likeness (QED) is 0.566. The molecule has 30 heavy (non-hydrogen) atoms. The second kappa shape index (κ2) is 9.63. The molecule has 3 N–H and O–H groups in total. The lowest BCUT2D eigenvalue weighted by Crippen LogP contribution is -2.43. The smallest absolute Gasteiger partial charge is 0.253 e. The van der Waals surface area contributed by atoms with Crippen LogP contribution in [0.5, 0.6) is 11.5 Å². The van der Waals surface area contributed by atoms with E-state index in [-0.39, 0.29) is 18.3 Å². The van der Waals surface area contributed by atoms with Gasteiger partial charge in [-0.05, 0) is 43.6 Å². The van der Waals surface area contributed by atoms with Crippen LogP contribution < -0.4 is 20.3 Å². The summed E-state index contributed by atoms with van der Waals surface area (Å²) in [6.07, 6.45) is 2.82. The molecule has 4 rings (SSSR count). The van der Waals surface area contributed by atoms with Crippen molar-refractivity contribution in [3.63, 3.8) is 0 Å². The SMILES string of the molecule is O=c1[nH]c2cc3c(cc2cc1CN(CCCO)C(=S)NC[C@H]1CCCO1)OCCO3. The lowest BCUT2D eigenvalue weighted by atomic mass is 10.1. The molecule has 0 amide bonds. The van der Waals surface area contributed by atoms with Crippen molar-refractivity contribution in [2.75, 3.05) is 39.5 Å². The standard InChI is InChI=1S/C21H27N3O5S/c25-5-2-4-24(21(30)22-12-16-3-1-6-27-16)13-15-9-14-10-18-19(29-8-7-28-18)11-17(14)23-20(15)26/h9-11,16,25H,1-8,12-13H2,(H,22,30)(H,23,26)/t16-/m1/s1. The summed E-state index contributed by atoms with van der Waals surface area (Å²) < 4.78 is 16.9. The molecule has 0 radical (unpaired) electrons. The molecule has 1 saturated heterocycles. The molecule has 1 aromatic carbocycles. The summed E-state index contributed by atoms with van der Waals surface area (Å²) >= 11 is 5.57. The summed E-state index contributed by atoms with van der Waals surface area (Å²) in [5, 5.41) is 13.9. The van der Waals surface area contributed by atoms with E-state index in [4.69, 9.17) is 26.4 Å². The van der Waals surface area contributed by atoms with Gasteiger partial charge in [0.15, 0.2) is 16.6 Å². The molecule has 1 atom stereocenters. The normalized spacial score (nSPS) is 17.8. The Morgan fingerprint density at radius 1 is 1.23 bits per heavy atom. The van der Waals surface area contributed by atoms with Gasteiger partial charge in [0.1, 0.15) is 13.2 Å². The van der Waals surface area contributed by atoms with E-state index in [1.165, 1.54) is 0 Å². The number of aromatic amines is 1. The number of hydrogen-bond donors (Lipinski definition) is 3. The molecule has 0 aliphatic carbocycles. The molecule has 1 aromatic heterocycles. The first kappa shape index (κ1) is 20.9. The topological polar surface area (TPSA) is 96.1 Å². The van der Waals surface area contributed by atoms with Crippen molar-refractivity contribution < 1.29 is 19.3 Å². The minimum absolute atomic E-state index is 0.0579. The number of ether oxygens (including phenoxy) is 3. The maximum absolute atomic E-state index is 12.7. The summed E-state index contributed by atoms with van der Waals surface area (Å²) in [6, 6.07) is 5.54. The van der Waals surface area contributed by atoms with Crippen molar-refractivity contribution in [3.8, 4) is 11.5 Å². The van der Waals surface area contributed by atoms with Crippen molar-refractivity contribution in [1.82, 2.24) is 15.2 Å². The summed E-state index contributed by atoms with van der Waals surface area (Å²) in [5.41, 5.74) is 1.13. The minimum atomic E-state index is -0.171. The fourth-order valence-corrected chi connectivity index (χ4v) is 3.98. The number of pyridine rings is 1. The van der Waals surface area contributed by atoms with Crippen LogP contribution in [-0.4, -0.2) is 65.7 Å². The number of aliphatic hydroxyl groups excluding tert-OH is 1. The lowest BCUT2D eigenvalue weighted by molar-refractivity contribution is 0.113. The van der Waals surface area contributed by atoms with Gasteiger partial charge in [0.25, 0.3) is 5.56 Å². The Labute approximate surface area is 180 Å². The second-order valence-corrected chi connectivity index (χ2v) is 7.91. The summed E-state index contributed by atoms with van der Waals surface area (Å²) in [6.45, 7) is 3.39. The van der Waals surface area contributed by atoms with Gasteiger partial charge in [0.05, 0.1) is 18.2 Å². The molecule has 2 aliphatic heterocycles. The van der Waals surface area contributed by atoms with Gasteiger partial charge in [0.2, 0.25) is 0 Å². The number of thiocarbonyl (C=S) groups is 1. The average molecular weight is 434 g/mol. The van der Waals surface area contributed by atoms with Crippen LogP contribution in [0, 0.1) is 0 Å². The predicted octanol–water partition coefficient (Wildman–Crippen LogP) is 1.54. The lowest BCUT2D eigenvalue weighted by Gasteiger charge is -2.26. The van der Waals surface area contributed by atoms with Crippen molar-refractivity contribution in [3.05, 3.63) is 34.1 Å². The highest BCUT2D eigenvalue weighted by molar-refractivity contribution is 7.80.